The van der Waals surface area contributed by atoms with Crippen molar-refractivity contribution in [1.82, 2.24) is 25.4 Å². The Morgan fingerprint density at radius 2 is 2.15 bits per heavy atom. The maximum atomic E-state index is 5.45. The fourth-order valence-corrected chi connectivity index (χ4v) is 2.66. The summed E-state index contributed by atoms with van der Waals surface area (Å²) in [5.41, 5.74) is 1.11. The van der Waals surface area contributed by atoms with Gasteiger partial charge in [0.15, 0.2) is 11.8 Å². The number of hydrogen-bond acceptors (Lipinski definition) is 5. The molecule has 8 heteroatoms. The number of ether oxygens (including phenoxy) is 2. The fourth-order valence-electron chi connectivity index (χ4n) is 2.66. The minimum atomic E-state index is 0.276. The van der Waals surface area contributed by atoms with Gasteiger partial charge >= 0.3 is 0 Å². The summed E-state index contributed by atoms with van der Waals surface area (Å²) in [7, 11) is 3.62. The topological polar surface area (TPSA) is 85.6 Å². The van der Waals surface area contributed by atoms with E-state index in [0.717, 1.165) is 41.9 Å². The highest BCUT2D eigenvalue weighted by Gasteiger charge is 2.17. The van der Waals surface area contributed by atoms with Crippen LogP contribution in [-0.2, 0) is 24.9 Å². The van der Waals surface area contributed by atoms with Crippen LogP contribution in [0.3, 0.4) is 0 Å². The first-order valence-corrected chi connectivity index (χ1v) is 8.76. The van der Waals surface area contributed by atoms with Crippen LogP contribution in [0, 0.1) is 6.92 Å². The Kier molecular flexibility index (Phi) is 6.06. The normalized spacial score (nSPS) is 17.3. The average molecular weight is 358 g/mol. The van der Waals surface area contributed by atoms with Gasteiger partial charge in [-0.25, -0.2) is 4.99 Å². The van der Waals surface area contributed by atoms with Crippen LogP contribution in [0.5, 0.6) is 5.75 Å². The van der Waals surface area contributed by atoms with Gasteiger partial charge in [-0.2, -0.15) is 0 Å². The number of aliphatic imine (C=N–C) groups is 1. The molecule has 0 saturated carbocycles. The van der Waals surface area contributed by atoms with Gasteiger partial charge in [0, 0.05) is 13.7 Å². The highest BCUT2D eigenvalue weighted by atomic mass is 16.5. The van der Waals surface area contributed by atoms with Crippen molar-refractivity contribution in [3.8, 4) is 5.75 Å². The third kappa shape index (κ3) is 4.72. The van der Waals surface area contributed by atoms with E-state index in [1.807, 2.05) is 42.8 Å². The number of nitrogens with zero attached hydrogens (tertiary/aromatic N) is 4. The van der Waals surface area contributed by atoms with Crippen molar-refractivity contribution in [2.45, 2.75) is 32.5 Å². The van der Waals surface area contributed by atoms with Crippen molar-refractivity contribution >= 4 is 5.96 Å². The van der Waals surface area contributed by atoms with Gasteiger partial charge in [0.1, 0.15) is 11.6 Å². The van der Waals surface area contributed by atoms with Crippen molar-refractivity contribution in [1.29, 1.82) is 0 Å². The third-order valence-corrected chi connectivity index (χ3v) is 4.45. The van der Waals surface area contributed by atoms with E-state index in [1.54, 1.807) is 7.11 Å². The first-order valence-electron chi connectivity index (χ1n) is 8.76. The number of hydrogen-bond donors (Lipinski definition) is 2. The quantitative estimate of drug-likeness (QED) is 0.595. The molecule has 1 unspecified atom stereocenters. The summed E-state index contributed by atoms with van der Waals surface area (Å²) in [5.74, 6) is 3.34. The summed E-state index contributed by atoms with van der Waals surface area (Å²) in [4.78, 5) is 4.71. The lowest BCUT2D eigenvalue weighted by molar-refractivity contribution is 0.192. The number of aromatic nitrogens is 3. The minimum Gasteiger partial charge on any atom is -0.497 e. The van der Waals surface area contributed by atoms with Crippen LogP contribution in [-0.4, -0.2) is 47.1 Å². The van der Waals surface area contributed by atoms with E-state index in [0.29, 0.717) is 19.7 Å². The lowest BCUT2D eigenvalue weighted by Gasteiger charge is -2.16. The first kappa shape index (κ1) is 18.2. The second-order valence-corrected chi connectivity index (χ2v) is 6.29. The van der Waals surface area contributed by atoms with E-state index in [4.69, 9.17) is 14.5 Å². The Morgan fingerprint density at radius 1 is 1.35 bits per heavy atom. The molecule has 1 aromatic carbocycles. The monoisotopic (exact) mass is 358 g/mol. The molecule has 0 amide bonds. The summed E-state index contributed by atoms with van der Waals surface area (Å²) in [6.45, 7) is 4.55. The number of methoxy groups -OCH3 is 1. The SMILES string of the molecule is COc1ccc(CN=C(NCc2nnc(C)n2C)NC2CCOC2)cc1. The maximum Gasteiger partial charge on any atom is 0.192 e. The predicted molar refractivity (Wildman–Crippen MR) is 99.1 cm³/mol. The van der Waals surface area contributed by atoms with Crippen molar-refractivity contribution < 1.29 is 9.47 Å². The van der Waals surface area contributed by atoms with Gasteiger partial charge in [-0.1, -0.05) is 12.1 Å². The molecule has 1 aromatic heterocycles. The molecule has 0 spiro atoms. The highest BCUT2D eigenvalue weighted by molar-refractivity contribution is 5.80. The molecule has 140 valence electrons. The molecule has 1 fully saturated rings. The Morgan fingerprint density at radius 3 is 2.77 bits per heavy atom. The van der Waals surface area contributed by atoms with Crippen molar-refractivity contribution in [2.24, 2.45) is 12.0 Å². The molecule has 2 aromatic rings. The van der Waals surface area contributed by atoms with E-state index in [1.165, 1.54) is 0 Å². The molecule has 1 atom stereocenters. The highest BCUT2D eigenvalue weighted by Crippen LogP contribution is 2.12. The zero-order valence-corrected chi connectivity index (χ0v) is 15.5. The summed E-state index contributed by atoms with van der Waals surface area (Å²) < 4.78 is 12.6. The molecule has 8 nitrogen and oxygen atoms in total. The van der Waals surface area contributed by atoms with Gasteiger partial charge in [0.2, 0.25) is 0 Å². The van der Waals surface area contributed by atoms with Crippen molar-refractivity contribution in [3.63, 3.8) is 0 Å². The smallest absolute Gasteiger partial charge is 0.192 e. The van der Waals surface area contributed by atoms with Crippen LogP contribution in [0.4, 0.5) is 0 Å². The number of rotatable bonds is 6. The van der Waals surface area contributed by atoms with Crippen LogP contribution < -0.4 is 15.4 Å². The molecule has 1 aliphatic rings. The lowest BCUT2D eigenvalue weighted by atomic mass is 10.2. The van der Waals surface area contributed by atoms with Gasteiger partial charge in [-0.3, -0.25) is 0 Å². The molecular weight excluding hydrogens is 332 g/mol. The Labute approximate surface area is 153 Å². The van der Waals surface area contributed by atoms with Crippen LogP contribution in [0.1, 0.15) is 23.6 Å². The summed E-state index contributed by atoms with van der Waals surface area (Å²) in [6.07, 6.45) is 0.978. The van der Waals surface area contributed by atoms with Gasteiger partial charge < -0.3 is 24.7 Å². The van der Waals surface area contributed by atoms with Crippen molar-refractivity contribution in [2.75, 3.05) is 20.3 Å². The van der Waals surface area contributed by atoms with E-state index < -0.39 is 0 Å². The Bertz CT molecular complexity index is 735. The number of nitrogens with one attached hydrogen (secondary N) is 2. The minimum absolute atomic E-state index is 0.276. The lowest BCUT2D eigenvalue weighted by Crippen LogP contribution is -2.43. The van der Waals surface area contributed by atoms with Gasteiger partial charge in [0.25, 0.3) is 0 Å². The molecule has 0 aliphatic carbocycles. The number of guanidine groups is 1. The average Bonchev–Trinajstić information content (AvgIpc) is 3.29. The molecule has 26 heavy (non-hydrogen) atoms. The molecule has 1 aliphatic heterocycles. The van der Waals surface area contributed by atoms with Crippen LogP contribution in [0.2, 0.25) is 0 Å². The second-order valence-electron chi connectivity index (χ2n) is 6.29. The molecule has 3 rings (SSSR count). The zero-order valence-electron chi connectivity index (χ0n) is 15.5. The predicted octanol–water partition coefficient (Wildman–Crippen LogP) is 1.16. The standard InChI is InChI=1S/C18H26N6O2/c1-13-22-23-17(24(13)2)11-20-18(21-15-8-9-26-12-15)19-10-14-4-6-16(25-3)7-5-14/h4-7,15H,8-12H2,1-3H3,(H2,19,20,21). The van der Waals surface area contributed by atoms with E-state index >= 15 is 0 Å². The zero-order chi connectivity index (χ0) is 18.4. The third-order valence-electron chi connectivity index (χ3n) is 4.45. The van der Waals surface area contributed by atoms with Crippen LogP contribution in [0.15, 0.2) is 29.3 Å². The van der Waals surface area contributed by atoms with Crippen LogP contribution in [0.25, 0.3) is 0 Å². The summed E-state index contributed by atoms with van der Waals surface area (Å²) in [6, 6.07) is 8.20. The maximum absolute atomic E-state index is 5.45. The molecule has 1 saturated heterocycles. The number of aryl methyl sites for hydroxylation is 1. The molecule has 0 bridgehead atoms. The molecule has 2 heterocycles. The van der Waals surface area contributed by atoms with Crippen LogP contribution >= 0.6 is 0 Å². The van der Waals surface area contributed by atoms with Gasteiger partial charge in [0.05, 0.1) is 32.8 Å². The van der Waals surface area contributed by atoms with E-state index in [-0.39, 0.29) is 6.04 Å². The fraction of sp³-hybridized carbons (Fsp3) is 0.500. The Hall–Kier alpha value is -2.61. The summed E-state index contributed by atoms with van der Waals surface area (Å²) in [5, 5.41) is 15.1. The van der Waals surface area contributed by atoms with Gasteiger partial charge in [-0.05, 0) is 31.0 Å². The van der Waals surface area contributed by atoms with Gasteiger partial charge in [-0.15, -0.1) is 10.2 Å². The molecule has 2 N–H and O–H groups in total. The molecular formula is C18H26N6O2. The number of benzene rings is 1. The largest absolute Gasteiger partial charge is 0.497 e. The summed E-state index contributed by atoms with van der Waals surface area (Å²) >= 11 is 0. The Balaban J connectivity index is 1.65. The van der Waals surface area contributed by atoms with E-state index in [9.17, 15) is 0 Å². The second kappa shape index (κ2) is 8.66. The van der Waals surface area contributed by atoms with Crippen molar-refractivity contribution in [3.05, 3.63) is 41.5 Å². The first-order chi connectivity index (χ1) is 12.7. The molecule has 0 radical (unpaired) electrons. The van der Waals surface area contributed by atoms with E-state index in [2.05, 4.69) is 20.8 Å².